The Kier molecular flexibility index (Phi) is 3.76. The van der Waals surface area contributed by atoms with Gasteiger partial charge in [0.2, 0.25) is 0 Å². The van der Waals surface area contributed by atoms with E-state index in [1.54, 1.807) is 0 Å². The fourth-order valence-electron chi connectivity index (χ4n) is 3.04. The lowest BCUT2D eigenvalue weighted by Gasteiger charge is -2.34. The van der Waals surface area contributed by atoms with E-state index in [1.165, 1.54) is 24.0 Å². The summed E-state index contributed by atoms with van der Waals surface area (Å²) in [6.45, 7) is 7.46. The molecule has 1 fully saturated rings. The average Bonchev–Trinajstić information content (AvgIpc) is 2.46. The molecule has 0 saturated carbocycles. The first-order valence-corrected chi connectivity index (χ1v) is 7.42. The Morgan fingerprint density at radius 1 is 1.16 bits per heavy atom. The quantitative estimate of drug-likeness (QED) is 0.873. The van der Waals surface area contributed by atoms with Crippen molar-refractivity contribution in [2.24, 2.45) is 5.41 Å². The second-order valence-electron chi connectivity index (χ2n) is 6.17. The van der Waals surface area contributed by atoms with Crippen LogP contribution in [-0.4, -0.2) is 26.2 Å². The topological polar surface area (TPSA) is 33.3 Å². The highest BCUT2D eigenvalue weighted by atomic mass is 16.5. The monoisotopic (exact) mass is 260 g/mol. The van der Waals surface area contributed by atoms with Gasteiger partial charge in [0.25, 0.3) is 0 Å². The summed E-state index contributed by atoms with van der Waals surface area (Å²) in [5.41, 5.74) is 3.15. The molecular formula is C16H24N2O. The first kappa shape index (κ1) is 12.9. The van der Waals surface area contributed by atoms with Crippen molar-refractivity contribution in [3.05, 3.63) is 29.3 Å². The standard InChI is InChI=1S/C16H24N2O/c1-16(6-9-17-10-7-16)12-19-15-4-2-3-13-5-8-18-11-14(13)15/h2-4,17-18H,5-12H2,1H3. The van der Waals surface area contributed by atoms with E-state index in [9.17, 15) is 0 Å². The van der Waals surface area contributed by atoms with Crippen molar-refractivity contribution in [3.8, 4) is 5.75 Å². The van der Waals surface area contributed by atoms with Crippen molar-refractivity contribution >= 4 is 0 Å². The third kappa shape index (κ3) is 2.93. The lowest BCUT2D eigenvalue weighted by atomic mass is 9.82. The van der Waals surface area contributed by atoms with Crippen LogP contribution in [-0.2, 0) is 13.0 Å². The number of benzene rings is 1. The van der Waals surface area contributed by atoms with Crippen molar-refractivity contribution in [3.63, 3.8) is 0 Å². The van der Waals surface area contributed by atoms with Crippen molar-refractivity contribution < 1.29 is 4.74 Å². The molecule has 1 saturated heterocycles. The number of hydrogen-bond donors (Lipinski definition) is 2. The highest BCUT2D eigenvalue weighted by Gasteiger charge is 2.28. The van der Waals surface area contributed by atoms with E-state index in [4.69, 9.17) is 4.74 Å². The molecule has 0 radical (unpaired) electrons. The number of rotatable bonds is 3. The molecule has 0 atom stereocenters. The van der Waals surface area contributed by atoms with E-state index in [-0.39, 0.29) is 0 Å². The van der Waals surface area contributed by atoms with Gasteiger partial charge in [0.15, 0.2) is 0 Å². The van der Waals surface area contributed by atoms with Crippen LogP contribution in [0, 0.1) is 5.41 Å². The fraction of sp³-hybridized carbons (Fsp3) is 0.625. The zero-order valence-electron chi connectivity index (χ0n) is 11.8. The fourth-order valence-corrected chi connectivity index (χ4v) is 3.04. The summed E-state index contributed by atoms with van der Waals surface area (Å²) in [7, 11) is 0. The molecule has 0 aromatic heterocycles. The SMILES string of the molecule is CC1(COc2cccc3c2CNCC3)CCNCC1. The van der Waals surface area contributed by atoms with Gasteiger partial charge in [-0.05, 0) is 50.5 Å². The van der Waals surface area contributed by atoms with Crippen LogP contribution >= 0.6 is 0 Å². The molecule has 3 heteroatoms. The molecule has 2 N–H and O–H groups in total. The van der Waals surface area contributed by atoms with Crippen LogP contribution in [0.3, 0.4) is 0 Å². The van der Waals surface area contributed by atoms with Gasteiger partial charge >= 0.3 is 0 Å². The minimum absolute atomic E-state index is 0.329. The van der Waals surface area contributed by atoms with E-state index in [2.05, 4.69) is 35.8 Å². The summed E-state index contributed by atoms with van der Waals surface area (Å²) in [6.07, 6.45) is 3.54. The molecule has 2 aliphatic rings. The Morgan fingerprint density at radius 2 is 2.00 bits per heavy atom. The largest absolute Gasteiger partial charge is 0.493 e. The molecule has 19 heavy (non-hydrogen) atoms. The number of ether oxygens (including phenoxy) is 1. The first-order chi connectivity index (χ1) is 9.27. The molecule has 2 aliphatic heterocycles. The van der Waals surface area contributed by atoms with Gasteiger partial charge in [0.1, 0.15) is 5.75 Å². The second kappa shape index (κ2) is 5.51. The lowest BCUT2D eigenvalue weighted by Crippen LogP contribution is -2.38. The van der Waals surface area contributed by atoms with Crippen LogP contribution in [0.4, 0.5) is 0 Å². The first-order valence-electron chi connectivity index (χ1n) is 7.42. The zero-order chi connectivity index (χ0) is 13.1. The molecule has 0 spiro atoms. The van der Waals surface area contributed by atoms with Gasteiger partial charge in [-0.15, -0.1) is 0 Å². The summed E-state index contributed by atoms with van der Waals surface area (Å²) >= 11 is 0. The predicted octanol–water partition coefficient (Wildman–Crippen LogP) is 2.10. The second-order valence-corrected chi connectivity index (χ2v) is 6.17. The van der Waals surface area contributed by atoms with E-state index < -0.39 is 0 Å². The van der Waals surface area contributed by atoms with Crippen molar-refractivity contribution in [2.75, 3.05) is 26.2 Å². The van der Waals surface area contributed by atoms with E-state index >= 15 is 0 Å². The average molecular weight is 260 g/mol. The van der Waals surface area contributed by atoms with Gasteiger partial charge in [-0.25, -0.2) is 0 Å². The van der Waals surface area contributed by atoms with Crippen LogP contribution in [0.5, 0.6) is 5.75 Å². The predicted molar refractivity (Wildman–Crippen MR) is 77.6 cm³/mol. The number of fused-ring (bicyclic) bond motifs is 1. The summed E-state index contributed by atoms with van der Waals surface area (Å²) < 4.78 is 6.18. The van der Waals surface area contributed by atoms with Crippen molar-refractivity contribution in [2.45, 2.75) is 32.7 Å². The Labute approximate surface area is 115 Å². The van der Waals surface area contributed by atoms with Crippen LogP contribution in [0.2, 0.25) is 0 Å². The molecule has 1 aromatic rings. The van der Waals surface area contributed by atoms with E-state index in [0.29, 0.717) is 5.41 Å². The molecule has 0 aliphatic carbocycles. The Balaban J connectivity index is 1.69. The molecule has 2 heterocycles. The van der Waals surface area contributed by atoms with Gasteiger partial charge in [0, 0.05) is 17.5 Å². The highest BCUT2D eigenvalue weighted by molar-refractivity contribution is 5.41. The van der Waals surface area contributed by atoms with Gasteiger partial charge < -0.3 is 15.4 Å². The normalized spacial score (nSPS) is 21.7. The van der Waals surface area contributed by atoms with Gasteiger partial charge in [-0.2, -0.15) is 0 Å². The molecule has 0 bridgehead atoms. The molecule has 1 aromatic carbocycles. The highest BCUT2D eigenvalue weighted by Crippen LogP contribution is 2.31. The van der Waals surface area contributed by atoms with Gasteiger partial charge in [-0.1, -0.05) is 19.1 Å². The van der Waals surface area contributed by atoms with Crippen molar-refractivity contribution in [1.29, 1.82) is 0 Å². The number of piperidine rings is 1. The Bertz CT molecular complexity index is 438. The Morgan fingerprint density at radius 3 is 2.84 bits per heavy atom. The molecule has 3 nitrogen and oxygen atoms in total. The molecule has 0 unspecified atom stereocenters. The van der Waals surface area contributed by atoms with Gasteiger partial charge in [0.05, 0.1) is 6.61 Å². The van der Waals surface area contributed by atoms with Gasteiger partial charge in [-0.3, -0.25) is 0 Å². The Hall–Kier alpha value is -1.06. The maximum absolute atomic E-state index is 6.18. The zero-order valence-corrected chi connectivity index (χ0v) is 11.8. The summed E-state index contributed by atoms with van der Waals surface area (Å²) in [4.78, 5) is 0. The van der Waals surface area contributed by atoms with Crippen LogP contribution in [0.1, 0.15) is 30.9 Å². The maximum Gasteiger partial charge on any atom is 0.124 e. The lowest BCUT2D eigenvalue weighted by molar-refractivity contribution is 0.122. The van der Waals surface area contributed by atoms with Crippen LogP contribution in [0.15, 0.2) is 18.2 Å². The third-order valence-electron chi connectivity index (χ3n) is 4.49. The summed E-state index contributed by atoms with van der Waals surface area (Å²) in [5.74, 6) is 1.09. The molecule has 104 valence electrons. The smallest absolute Gasteiger partial charge is 0.124 e. The van der Waals surface area contributed by atoms with E-state index in [0.717, 1.165) is 45.0 Å². The maximum atomic E-state index is 6.18. The number of nitrogens with one attached hydrogen (secondary N) is 2. The molecule has 3 rings (SSSR count). The molecule has 0 amide bonds. The molecular weight excluding hydrogens is 236 g/mol. The summed E-state index contributed by atoms with van der Waals surface area (Å²) in [5, 5.41) is 6.86. The van der Waals surface area contributed by atoms with E-state index in [1.807, 2.05) is 0 Å². The minimum Gasteiger partial charge on any atom is -0.493 e. The summed E-state index contributed by atoms with van der Waals surface area (Å²) in [6, 6.07) is 6.48. The minimum atomic E-state index is 0.329. The van der Waals surface area contributed by atoms with Crippen LogP contribution in [0.25, 0.3) is 0 Å². The third-order valence-corrected chi connectivity index (χ3v) is 4.49. The number of hydrogen-bond acceptors (Lipinski definition) is 3. The van der Waals surface area contributed by atoms with Crippen LogP contribution < -0.4 is 15.4 Å². The van der Waals surface area contributed by atoms with Crippen molar-refractivity contribution in [1.82, 2.24) is 10.6 Å².